The van der Waals surface area contributed by atoms with Crippen LogP contribution >= 0.6 is 0 Å². The third kappa shape index (κ3) is 5.36. The summed E-state index contributed by atoms with van der Waals surface area (Å²) in [5.41, 5.74) is -0.341. The molecular weight excluding hydrogens is 586 g/mol. The number of rotatable bonds is 7. The molecule has 0 radical (unpaired) electrons. The van der Waals surface area contributed by atoms with Crippen LogP contribution < -0.4 is 0 Å². The molecule has 2 aliphatic heterocycles. The highest BCUT2D eigenvalue weighted by atomic mass is 16.7. The zero-order valence-corrected chi connectivity index (χ0v) is 27.7. The molecule has 5 fully saturated rings. The number of fused-ring (bicyclic) bond motifs is 5. The molecule has 7 aliphatic rings. The number of hydrogen-bond acceptors (Lipinski definition) is 9. The quantitative estimate of drug-likeness (QED) is 0.138. The number of aliphatic hydroxyl groups excluding tert-OH is 2. The lowest BCUT2D eigenvalue weighted by atomic mass is 9.41. The van der Waals surface area contributed by atoms with Crippen LogP contribution in [-0.4, -0.2) is 87.7 Å². The molecule has 0 unspecified atom stereocenters. The first kappa shape index (κ1) is 32.9. The third-order valence-corrected chi connectivity index (χ3v) is 13.9. The fourth-order valence-electron chi connectivity index (χ4n) is 11.4. The molecule has 0 aromatic heterocycles. The summed E-state index contributed by atoms with van der Waals surface area (Å²) in [6.07, 6.45) is 15.3. The maximum atomic E-state index is 12.8. The van der Waals surface area contributed by atoms with Crippen LogP contribution in [0.1, 0.15) is 110 Å². The van der Waals surface area contributed by atoms with E-state index in [2.05, 4.69) is 19.2 Å². The Bertz CT molecular complexity index is 1250. The second-order valence-corrected chi connectivity index (χ2v) is 16.1. The molecule has 4 N–H and O–H groups in total. The molecule has 2 heterocycles. The van der Waals surface area contributed by atoms with E-state index in [0.29, 0.717) is 38.8 Å². The number of aliphatic hydroxyl groups is 4. The largest absolute Gasteiger partial charge is 0.458 e. The van der Waals surface area contributed by atoms with Gasteiger partial charge in [0.25, 0.3) is 0 Å². The smallest absolute Gasteiger partial charge is 0.331 e. The molecule has 4 saturated carbocycles. The van der Waals surface area contributed by atoms with Gasteiger partial charge in [-0.05, 0) is 114 Å². The molecular formula is C37H55NO8. The Kier molecular flexibility index (Phi) is 8.84. The number of hydrogen-bond donors (Lipinski definition) is 4. The Balaban J connectivity index is 1.15. The predicted molar refractivity (Wildman–Crippen MR) is 172 cm³/mol. The van der Waals surface area contributed by atoms with E-state index < -0.39 is 41.2 Å². The van der Waals surface area contributed by atoms with Gasteiger partial charge in [-0.1, -0.05) is 18.6 Å². The molecule has 0 aromatic rings. The van der Waals surface area contributed by atoms with E-state index in [4.69, 9.17) is 19.2 Å². The average Bonchev–Trinajstić information content (AvgIpc) is 3.58. The standard InChI is InChI=1S/C37H55NO8/c1-23-33(41)30(39)19-32(45-23)46-26-8-14-35(22-38-17-12-24-6-4-3-5-7-24)28-9-13-34(2)27(25-18-31(40)44-21-25)11-16-37(34,43)29(28)10-15-36(35,42)20-26/h6,18,22-23,26-30,32-33,39,41-43H,3-5,7-17,19-21H2,1-2H3/t23-,26-,27-,28-,29+,30+,32+,33-,34+,35-,36-,37-/m0/s1. The second kappa shape index (κ2) is 12.4. The summed E-state index contributed by atoms with van der Waals surface area (Å²) < 4.78 is 17.6. The summed E-state index contributed by atoms with van der Waals surface area (Å²) in [5.74, 6) is -0.0448. The van der Waals surface area contributed by atoms with Gasteiger partial charge in [0.2, 0.25) is 0 Å². The minimum atomic E-state index is -1.04. The highest BCUT2D eigenvalue weighted by Crippen LogP contribution is 2.70. The van der Waals surface area contributed by atoms with E-state index in [1.807, 2.05) is 0 Å². The van der Waals surface area contributed by atoms with E-state index in [1.165, 1.54) is 18.4 Å². The SMILES string of the molecule is C[C@@H]1O[C@H](O[C@H]2CC[C@]3(C=NCCC4=CCCCC4)[C@H]4CC[C@]5(C)[C@H](C6=CC(=O)OC6)CC[C@]5(O)[C@@H]4CC[C@]3(O)C2)C[C@@H](O)[C@H]1O. The molecule has 9 nitrogen and oxygen atoms in total. The second-order valence-electron chi connectivity index (χ2n) is 16.1. The summed E-state index contributed by atoms with van der Waals surface area (Å²) in [6.45, 7) is 5.01. The monoisotopic (exact) mass is 641 g/mol. The Hall–Kier alpha value is -1.62. The highest BCUT2D eigenvalue weighted by Gasteiger charge is 2.71. The van der Waals surface area contributed by atoms with Gasteiger partial charge < -0.3 is 34.6 Å². The van der Waals surface area contributed by atoms with Crippen LogP contribution in [0.2, 0.25) is 0 Å². The van der Waals surface area contributed by atoms with Crippen molar-refractivity contribution in [2.45, 2.75) is 152 Å². The van der Waals surface area contributed by atoms with Gasteiger partial charge in [0, 0.05) is 42.5 Å². The number of nitrogens with zero attached hydrogens (tertiary/aromatic N) is 1. The van der Waals surface area contributed by atoms with Crippen LogP contribution in [0, 0.1) is 28.6 Å². The van der Waals surface area contributed by atoms with E-state index in [9.17, 15) is 25.2 Å². The fourth-order valence-corrected chi connectivity index (χ4v) is 11.4. The Morgan fingerprint density at radius 1 is 1.07 bits per heavy atom. The van der Waals surface area contributed by atoms with Gasteiger partial charge in [-0.25, -0.2) is 4.79 Å². The number of cyclic esters (lactones) is 1. The molecule has 5 aliphatic carbocycles. The van der Waals surface area contributed by atoms with Crippen LogP contribution in [0.3, 0.4) is 0 Å². The molecule has 9 heteroatoms. The zero-order chi connectivity index (χ0) is 32.3. The summed E-state index contributed by atoms with van der Waals surface area (Å²) in [7, 11) is 0. The zero-order valence-electron chi connectivity index (χ0n) is 27.7. The van der Waals surface area contributed by atoms with E-state index in [-0.39, 0.29) is 41.7 Å². The molecule has 0 spiro atoms. The van der Waals surface area contributed by atoms with E-state index >= 15 is 0 Å². The van der Waals surface area contributed by atoms with Crippen molar-refractivity contribution in [1.82, 2.24) is 0 Å². The van der Waals surface area contributed by atoms with Crippen molar-refractivity contribution in [3.8, 4) is 0 Å². The van der Waals surface area contributed by atoms with Gasteiger partial charge in [-0.2, -0.15) is 0 Å². The normalized spacial score (nSPS) is 49.1. The van der Waals surface area contributed by atoms with Crippen molar-refractivity contribution in [2.24, 2.45) is 33.6 Å². The van der Waals surface area contributed by atoms with Crippen molar-refractivity contribution in [2.75, 3.05) is 13.2 Å². The predicted octanol–water partition coefficient (Wildman–Crippen LogP) is 4.54. The number of aliphatic imine (C=N–C) groups is 1. The van der Waals surface area contributed by atoms with Crippen molar-refractivity contribution < 1.29 is 39.4 Å². The molecule has 0 bridgehead atoms. The highest BCUT2D eigenvalue weighted by molar-refractivity contribution is 5.85. The first-order chi connectivity index (χ1) is 22.0. The summed E-state index contributed by atoms with van der Waals surface area (Å²) in [4.78, 5) is 17.1. The number of esters is 1. The summed E-state index contributed by atoms with van der Waals surface area (Å²) in [6, 6.07) is 0. The first-order valence-corrected chi connectivity index (χ1v) is 18.2. The van der Waals surface area contributed by atoms with Gasteiger partial charge in [-0.3, -0.25) is 4.99 Å². The van der Waals surface area contributed by atoms with Gasteiger partial charge in [-0.15, -0.1) is 0 Å². The minimum absolute atomic E-state index is 0.0271. The minimum Gasteiger partial charge on any atom is -0.458 e. The number of carbonyl (C=O) groups excluding carboxylic acids is 1. The average molecular weight is 642 g/mol. The van der Waals surface area contributed by atoms with Crippen LogP contribution in [0.5, 0.6) is 0 Å². The van der Waals surface area contributed by atoms with Gasteiger partial charge in [0.1, 0.15) is 12.7 Å². The molecule has 0 aromatic carbocycles. The summed E-state index contributed by atoms with van der Waals surface area (Å²) in [5, 5.41) is 46.0. The van der Waals surface area contributed by atoms with Crippen molar-refractivity contribution >= 4 is 12.2 Å². The molecule has 1 saturated heterocycles. The van der Waals surface area contributed by atoms with Gasteiger partial charge >= 0.3 is 5.97 Å². The lowest BCUT2D eigenvalue weighted by molar-refractivity contribution is -0.282. The van der Waals surface area contributed by atoms with Crippen LogP contribution in [0.15, 0.2) is 28.3 Å². The molecule has 7 rings (SSSR count). The number of ether oxygens (including phenoxy) is 3. The topological polar surface area (TPSA) is 138 Å². The maximum Gasteiger partial charge on any atom is 0.331 e. The van der Waals surface area contributed by atoms with Crippen molar-refractivity contribution in [3.05, 3.63) is 23.3 Å². The van der Waals surface area contributed by atoms with Crippen LogP contribution in [-0.2, 0) is 19.0 Å². The van der Waals surface area contributed by atoms with Crippen molar-refractivity contribution in [1.29, 1.82) is 0 Å². The number of allylic oxidation sites excluding steroid dienone is 1. The van der Waals surface area contributed by atoms with Crippen molar-refractivity contribution in [3.63, 3.8) is 0 Å². The van der Waals surface area contributed by atoms with Crippen LogP contribution in [0.4, 0.5) is 0 Å². The molecule has 12 atom stereocenters. The molecule has 256 valence electrons. The Labute approximate surface area is 273 Å². The maximum absolute atomic E-state index is 12.8. The van der Waals surface area contributed by atoms with Gasteiger partial charge in [0.05, 0.1) is 29.5 Å². The molecule has 46 heavy (non-hydrogen) atoms. The van der Waals surface area contributed by atoms with Crippen LogP contribution in [0.25, 0.3) is 0 Å². The lowest BCUT2D eigenvalue weighted by Crippen LogP contribution is -2.69. The molecule has 0 amide bonds. The third-order valence-electron chi connectivity index (χ3n) is 13.9. The Morgan fingerprint density at radius 2 is 1.89 bits per heavy atom. The Morgan fingerprint density at radius 3 is 2.63 bits per heavy atom. The van der Waals surface area contributed by atoms with Gasteiger partial charge in [0.15, 0.2) is 6.29 Å². The number of carbonyl (C=O) groups is 1. The van der Waals surface area contributed by atoms with E-state index in [1.54, 1.807) is 13.0 Å². The first-order valence-electron chi connectivity index (χ1n) is 18.2. The van der Waals surface area contributed by atoms with E-state index in [0.717, 1.165) is 56.9 Å². The lowest BCUT2D eigenvalue weighted by Gasteiger charge is -2.66. The summed E-state index contributed by atoms with van der Waals surface area (Å²) >= 11 is 0. The fraction of sp³-hybridized carbons (Fsp3) is 0.838.